The van der Waals surface area contributed by atoms with E-state index in [4.69, 9.17) is 10.5 Å². The first kappa shape index (κ1) is 15.4. The van der Waals surface area contributed by atoms with E-state index in [1.54, 1.807) is 24.2 Å². The molecule has 1 fully saturated rings. The lowest BCUT2D eigenvalue weighted by atomic mass is 10.2. The lowest BCUT2D eigenvalue weighted by Crippen LogP contribution is -2.55. The van der Waals surface area contributed by atoms with E-state index in [1.807, 2.05) is 11.5 Å². The first-order chi connectivity index (χ1) is 10.1. The van der Waals surface area contributed by atoms with E-state index in [0.717, 1.165) is 6.42 Å². The fourth-order valence-electron chi connectivity index (χ4n) is 2.52. The number of aromatic nitrogens is 1. The molecule has 0 saturated carbocycles. The zero-order chi connectivity index (χ0) is 15.4. The second kappa shape index (κ2) is 6.62. The predicted octanol–water partition coefficient (Wildman–Crippen LogP) is 0.0673. The summed E-state index contributed by atoms with van der Waals surface area (Å²) < 4.78 is 7.16. The van der Waals surface area contributed by atoms with Gasteiger partial charge in [0.1, 0.15) is 11.7 Å². The zero-order valence-electron chi connectivity index (χ0n) is 12.5. The molecule has 7 heteroatoms. The van der Waals surface area contributed by atoms with Crippen LogP contribution in [0.25, 0.3) is 0 Å². The number of nitrogens with two attached hydrogens (primary N) is 1. The first-order valence-corrected chi connectivity index (χ1v) is 7.14. The Balaban J connectivity index is 2.26. The molecule has 1 aliphatic heterocycles. The highest BCUT2D eigenvalue weighted by Gasteiger charge is 2.33. The van der Waals surface area contributed by atoms with Gasteiger partial charge in [0.05, 0.1) is 18.9 Å². The molecule has 1 aromatic rings. The normalized spacial score (nSPS) is 18.6. The molecule has 0 radical (unpaired) electrons. The molecular formula is C14H22N4O3. The highest BCUT2D eigenvalue weighted by Crippen LogP contribution is 2.17. The predicted molar refractivity (Wildman–Crippen MR) is 78.8 cm³/mol. The minimum Gasteiger partial charge on any atom is -0.397 e. The van der Waals surface area contributed by atoms with E-state index in [9.17, 15) is 9.59 Å². The van der Waals surface area contributed by atoms with Crippen LogP contribution in [0.3, 0.4) is 0 Å². The molecule has 1 aromatic heterocycles. The Morgan fingerprint density at radius 2 is 2.29 bits per heavy atom. The largest absolute Gasteiger partial charge is 0.397 e. The number of hydrogen-bond donors (Lipinski definition) is 2. The van der Waals surface area contributed by atoms with Gasteiger partial charge in [0.15, 0.2) is 0 Å². The summed E-state index contributed by atoms with van der Waals surface area (Å²) in [5.74, 6) is -0.401. The summed E-state index contributed by atoms with van der Waals surface area (Å²) in [6, 6.07) is 1.07. The van der Waals surface area contributed by atoms with Crippen molar-refractivity contribution in [3.05, 3.63) is 18.0 Å². The maximum Gasteiger partial charge on any atom is 0.271 e. The van der Waals surface area contributed by atoms with Gasteiger partial charge in [-0.05, 0) is 12.5 Å². The van der Waals surface area contributed by atoms with Crippen molar-refractivity contribution < 1.29 is 14.3 Å². The average Bonchev–Trinajstić information content (AvgIpc) is 2.87. The molecule has 1 atom stereocenters. The minimum atomic E-state index is -0.595. The summed E-state index contributed by atoms with van der Waals surface area (Å²) in [7, 11) is 1.55. The lowest BCUT2D eigenvalue weighted by molar-refractivity contribution is -0.130. The number of nitrogens with zero attached hydrogens (tertiary/aromatic N) is 2. The molecule has 2 rings (SSSR count). The second-order valence-electron chi connectivity index (χ2n) is 5.06. The van der Waals surface area contributed by atoms with Crippen LogP contribution in [0, 0.1) is 0 Å². The fourth-order valence-corrected chi connectivity index (χ4v) is 2.52. The molecular weight excluding hydrogens is 272 g/mol. The standard InChI is InChI=1S/C14H22N4O3/c1-3-4-17-8-10(15)7-11(17)14(20)18-5-6-21-9-12(18)13(19)16-2/h7-8,12H,3-6,9,15H2,1-2H3,(H,16,19). The van der Waals surface area contributed by atoms with E-state index >= 15 is 0 Å². The van der Waals surface area contributed by atoms with Crippen molar-refractivity contribution in [3.8, 4) is 0 Å². The maximum atomic E-state index is 12.8. The first-order valence-electron chi connectivity index (χ1n) is 7.14. The molecule has 0 bridgehead atoms. The molecule has 1 unspecified atom stereocenters. The van der Waals surface area contributed by atoms with E-state index in [2.05, 4.69) is 5.32 Å². The number of nitrogens with one attached hydrogen (secondary N) is 1. The summed E-state index contributed by atoms with van der Waals surface area (Å²) in [5.41, 5.74) is 6.87. The Hall–Kier alpha value is -2.02. The van der Waals surface area contributed by atoms with Crippen LogP contribution in [0.15, 0.2) is 12.3 Å². The van der Waals surface area contributed by atoms with Crippen molar-refractivity contribution in [1.29, 1.82) is 0 Å². The molecule has 0 spiro atoms. The van der Waals surface area contributed by atoms with Gasteiger partial charge in [0.25, 0.3) is 5.91 Å². The number of rotatable bonds is 4. The van der Waals surface area contributed by atoms with Crippen molar-refractivity contribution in [2.75, 3.05) is 32.5 Å². The third-order valence-electron chi connectivity index (χ3n) is 3.54. The number of ether oxygens (including phenoxy) is 1. The number of aryl methyl sites for hydroxylation is 1. The van der Waals surface area contributed by atoms with E-state index in [1.165, 1.54) is 0 Å². The second-order valence-corrected chi connectivity index (χ2v) is 5.06. The number of likely N-dealkylation sites (N-methyl/N-ethyl adjacent to an activating group) is 1. The van der Waals surface area contributed by atoms with Crippen LogP contribution in [-0.4, -0.2) is 54.1 Å². The molecule has 1 aliphatic rings. The quantitative estimate of drug-likeness (QED) is 0.822. The summed E-state index contributed by atoms with van der Waals surface area (Å²) >= 11 is 0. The van der Waals surface area contributed by atoms with Gasteiger partial charge in [0.2, 0.25) is 5.91 Å². The van der Waals surface area contributed by atoms with Crippen molar-refractivity contribution >= 4 is 17.5 Å². The van der Waals surface area contributed by atoms with Crippen LogP contribution < -0.4 is 11.1 Å². The van der Waals surface area contributed by atoms with Gasteiger partial charge in [-0.3, -0.25) is 9.59 Å². The van der Waals surface area contributed by atoms with E-state index in [0.29, 0.717) is 31.1 Å². The highest BCUT2D eigenvalue weighted by atomic mass is 16.5. The van der Waals surface area contributed by atoms with Crippen LogP contribution in [0.2, 0.25) is 0 Å². The fraction of sp³-hybridized carbons (Fsp3) is 0.571. The number of anilines is 1. The Bertz CT molecular complexity index is 526. The maximum absolute atomic E-state index is 12.8. The van der Waals surface area contributed by atoms with Crippen LogP contribution in [-0.2, 0) is 16.1 Å². The van der Waals surface area contributed by atoms with Crippen LogP contribution in [0.4, 0.5) is 5.69 Å². The number of nitrogen functional groups attached to an aromatic ring is 1. The van der Waals surface area contributed by atoms with Crippen molar-refractivity contribution in [1.82, 2.24) is 14.8 Å². The number of morpholine rings is 1. The topological polar surface area (TPSA) is 89.6 Å². The molecule has 2 heterocycles. The molecule has 0 aliphatic carbocycles. The smallest absolute Gasteiger partial charge is 0.271 e. The Kier molecular flexibility index (Phi) is 4.85. The number of carbonyl (C=O) groups is 2. The molecule has 2 amide bonds. The van der Waals surface area contributed by atoms with Gasteiger partial charge >= 0.3 is 0 Å². The summed E-state index contributed by atoms with van der Waals surface area (Å²) in [6.07, 6.45) is 2.66. The molecule has 1 saturated heterocycles. The molecule has 116 valence electrons. The van der Waals surface area contributed by atoms with Crippen molar-refractivity contribution in [3.63, 3.8) is 0 Å². The monoisotopic (exact) mass is 294 g/mol. The Labute approximate surface area is 124 Å². The summed E-state index contributed by atoms with van der Waals surface area (Å²) in [6.45, 7) is 3.80. The molecule has 0 aromatic carbocycles. The Morgan fingerprint density at radius 1 is 1.52 bits per heavy atom. The van der Waals surface area contributed by atoms with Crippen molar-refractivity contribution in [2.24, 2.45) is 0 Å². The molecule has 7 nitrogen and oxygen atoms in total. The van der Waals surface area contributed by atoms with E-state index < -0.39 is 6.04 Å². The van der Waals surface area contributed by atoms with Gasteiger partial charge in [-0.15, -0.1) is 0 Å². The van der Waals surface area contributed by atoms with E-state index in [-0.39, 0.29) is 18.4 Å². The number of carbonyl (C=O) groups excluding carboxylic acids is 2. The third-order valence-corrected chi connectivity index (χ3v) is 3.54. The van der Waals surface area contributed by atoms with Gasteiger partial charge in [-0.1, -0.05) is 6.92 Å². The van der Waals surface area contributed by atoms with Gasteiger partial charge < -0.3 is 25.3 Å². The van der Waals surface area contributed by atoms with Crippen LogP contribution in [0.5, 0.6) is 0 Å². The molecule has 3 N–H and O–H groups in total. The zero-order valence-corrected chi connectivity index (χ0v) is 12.5. The SMILES string of the molecule is CCCn1cc(N)cc1C(=O)N1CCOCC1C(=O)NC. The average molecular weight is 294 g/mol. The van der Waals surface area contributed by atoms with Crippen LogP contribution >= 0.6 is 0 Å². The summed E-state index contributed by atoms with van der Waals surface area (Å²) in [5, 5.41) is 2.57. The van der Waals surface area contributed by atoms with Crippen LogP contribution in [0.1, 0.15) is 23.8 Å². The molecule has 21 heavy (non-hydrogen) atoms. The van der Waals surface area contributed by atoms with Crippen molar-refractivity contribution in [2.45, 2.75) is 25.9 Å². The third kappa shape index (κ3) is 3.18. The van der Waals surface area contributed by atoms with Gasteiger partial charge in [-0.25, -0.2) is 0 Å². The minimum absolute atomic E-state index is 0.183. The lowest BCUT2D eigenvalue weighted by Gasteiger charge is -2.34. The summed E-state index contributed by atoms with van der Waals surface area (Å²) in [4.78, 5) is 26.2. The van der Waals surface area contributed by atoms with Gasteiger partial charge in [0, 0.05) is 26.3 Å². The number of hydrogen-bond acceptors (Lipinski definition) is 4. The highest BCUT2D eigenvalue weighted by molar-refractivity contribution is 5.97. The number of amides is 2. The Morgan fingerprint density at radius 3 is 2.95 bits per heavy atom. The van der Waals surface area contributed by atoms with Gasteiger partial charge in [-0.2, -0.15) is 0 Å².